The van der Waals surface area contributed by atoms with Crippen LogP contribution in [0.15, 0.2) is 36.4 Å². The van der Waals surface area contributed by atoms with Crippen LogP contribution in [0, 0.1) is 21.4 Å². The van der Waals surface area contributed by atoms with E-state index >= 15 is 0 Å². The van der Waals surface area contributed by atoms with Gasteiger partial charge in [-0.05, 0) is 24.1 Å². The zero-order valence-corrected chi connectivity index (χ0v) is 11.7. The van der Waals surface area contributed by atoms with Gasteiger partial charge in [-0.1, -0.05) is 23.7 Å². The molecule has 1 aromatic carbocycles. The Balaban J connectivity index is 1.94. The molecule has 0 aliphatic rings. The summed E-state index contributed by atoms with van der Waals surface area (Å²) in [6.07, 6.45) is 0.675. The fourth-order valence-electron chi connectivity index (χ4n) is 1.77. The topological polar surface area (TPSA) is 91.8 Å². The number of aromatic nitrogens is 1. The zero-order chi connectivity index (χ0) is 15.2. The summed E-state index contributed by atoms with van der Waals surface area (Å²) >= 11 is 5.81. The maximum absolute atomic E-state index is 10.5. The molecule has 21 heavy (non-hydrogen) atoms. The van der Waals surface area contributed by atoms with E-state index in [1.165, 1.54) is 18.2 Å². The van der Waals surface area contributed by atoms with Crippen molar-refractivity contribution in [2.75, 3.05) is 11.9 Å². The lowest BCUT2D eigenvalue weighted by Crippen LogP contribution is -2.06. The summed E-state index contributed by atoms with van der Waals surface area (Å²) in [5, 5.41) is 22.7. The summed E-state index contributed by atoms with van der Waals surface area (Å²) in [6, 6.07) is 11.5. The predicted molar refractivity (Wildman–Crippen MR) is 79.3 cm³/mol. The number of non-ortho nitro benzene ring substituents is 1. The summed E-state index contributed by atoms with van der Waals surface area (Å²) in [5.74, 6) is 0.529. The van der Waals surface area contributed by atoms with Crippen molar-refractivity contribution in [1.29, 1.82) is 5.26 Å². The van der Waals surface area contributed by atoms with Crippen molar-refractivity contribution in [3.8, 4) is 6.07 Å². The fraction of sp³-hybridized carbons (Fsp3) is 0.143. The molecule has 2 rings (SSSR count). The van der Waals surface area contributed by atoms with Gasteiger partial charge in [0.1, 0.15) is 11.0 Å². The van der Waals surface area contributed by atoms with E-state index in [4.69, 9.17) is 16.9 Å². The van der Waals surface area contributed by atoms with E-state index in [9.17, 15) is 10.1 Å². The van der Waals surface area contributed by atoms with Gasteiger partial charge in [0.05, 0.1) is 16.6 Å². The number of rotatable bonds is 5. The highest BCUT2D eigenvalue weighted by Crippen LogP contribution is 2.15. The second-order valence-electron chi connectivity index (χ2n) is 4.28. The van der Waals surface area contributed by atoms with Crippen molar-refractivity contribution in [1.82, 2.24) is 4.98 Å². The third-order valence-corrected chi connectivity index (χ3v) is 2.98. The number of nitro benzene ring substituents is 1. The van der Waals surface area contributed by atoms with Crippen LogP contribution >= 0.6 is 11.6 Å². The number of anilines is 1. The third-order valence-electron chi connectivity index (χ3n) is 2.79. The molecule has 6 nitrogen and oxygen atoms in total. The molecule has 0 fully saturated rings. The Morgan fingerprint density at radius 2 is 2.05 bits per heavy atom. The Bertz CT molecular complexity index is 695. The Kier molecular flexibility index (Phi) is 4.69. The molecule has 0 aliphatic heterocycles. The largest absolute Gasteiger partial charge is 0.370 e. The number of halogens is 1. The van der Waals surface area contributed by atoms with Crippen LogP contribution in [0.5, 0.6) is 0 Å². The maximum Gasteiger partial charge on any atom is 0.269 e. The average Bonchev–Trinajstić information content (AvgIpc) is 2.47. The monoisotopic (exact) mass is 302 g/mol. The molecule has 0 saturated heterocycles. The molecule has 0 bridgehead atoms. The number of pyridine rings is 1. The molecule has 0 spiro atoms. The van der Waals surface area contributed by atoms with Crippen LogP contribution in [-0.4, -0.2) is 16.5 Å². The lowest BCUT2D eigenvalue weighted by Gasteiger charge is -2.06. The first-order chi connectivity index (χ1) is 10.1. The van der Waals surface area contributed by atoms with E-state index in [0.29, 0.717) is 24.3 Å². The van der Waals surface area contributed by atoms with Gasteiger partial charge < -0.3 is 5.32 Å². The minimum absolute atomic E-state index is 0.0712. The van der Waals surface area contributed by atoms with E-state index in [1.807, 2.05) is 6.07 Å². The number of hydrogen-bond acceptors (Lipinski definition) is 5. The van der Waals surface area contributed by atoms with Crippen molar-refractivity contribution in [2.45, 2.75) is 6.42 Å². The van der Waals surface area contributed by atoms with Crippen LogP contribution in [-0.2, 0) is 6.42 Å². The average molecular weight is 303 g/mol. The molecule has 1 N–H and O–H groups in total. The minimum atomic E-state index is -0.429. The van der Waals surface area contributed by atoms with Crippen LogP contribution in [0.3, 0.4) is 0 Å². The summed E-state index contributed by atoms with van der Waals surface area (Å²) < 4.78 is 0. The maximum atomic E-state index is 10.5. The molecule has 0 radical (unpaired) electrons. The second kappa shape index (κ2) is 6.68. The molecule has 0 unspecified atom stereocenters. The van der Waals surface area contributed by atoms with Crippen LogP contribution in [0.1, 0.15) is 11.1 Å². The number of nitrogens with zero attached hydrogens (tertiary/aromatic N) is 3. The van der Waals surface area contributed by atoms with Crippen LogP contribution in [0.2, 0.25) is 5.15 Å². The summed E-state index contributed by atoms with van der Waals surface area (Å²) in [4.78, 5) is 14.2. The molecular weight excluding hydrogens is 292 g/mol. The van der Waals surface area contributed by atoms with E-state index < -0.39 is 4.92 Å². The Hall–Kier alpha value is -2.65. The van der Waals surface area contributed by atoms with E-state index in [1.54, 1.807) is 18.2 Å². The van der Waals surface area contributed by atoms with Crippen LogP contribution in [0.25, 0.3) is 0 Å². The molecule has 2 aromatic rings. The molecule has 0 saturated carbocycles. The molecule has 7 heteroatoms. The van der Waals surface area contributed by atoms with E-state index in [2.05, 4.69) is 10.3 Å². The normalized spacial score (nSPS) is 9.90. The SMILES string of the molecule is N#Cc1cc(Cl)nc(NCCc2ccc([N+](=O)[O-])cc2)c1. The molecule has 0 amide bonds. The predicted octanol–water partition coefficient (Wildman–Crippen LogP) is 3.17. The van der Waals surface area contributed by atoms with Gasteiger partial charge in [0, 0.05) is 18.7 Å². The summed E-state index contributed by atoms with van der Waals surface area (Å²) in [6.45, 7) is 0.579. The fourth-order valence-corrected chi connectivity index (χ4v) is 1.98. The van der Waals surface area contributed by atoms with Crippen molar-refractivity contribution in [3.63, 3.8) is 0 Å². The molecular formula is C14H11ClN4O2. The third kappa shape index (κ3) is 4.16. The van der Waals surface area contributed by atoms with Crippen molar-refractivity contribution in [3.05, 3.63) is 62.8 Å². The molecule has 0 aliphatic carbocycles. The lowest BCUT2D eigenvalue weighted by atomic mass is 10.1. The Morgan fingerprint density at radius 1 is 1.33 bits per heavy atom. The number of hydrogen-bond donors (Lipinski definition) is 1. The number of nitro groups is 1. The van der Waals surface area contributed by atoms with Gasteiger partial charge in [0.25, 0.3) is 5.69 Å². The quantitative estimate of drug-likeness (QED) is 0.520. The standard InChI is InChI=1S/C14H11ClN4O2/c15-13-7-11(9-16)8-14(18-13)17-6-5-10-1-3-12(4-2-10)19(20)21/h1-4,7-8H,5-6H2,(H,17,18). The van der Waals surface area contributed by atoms with E-state index in [0.717, 1.165) is 5.56 Å². The van der Waals surface area contributed by atoms with Crippen LogP contribution < -0.4 is 5.32 Å². The number of nitrogens with one attached hydrogen (secondary N) is 1. The van der Waals surface area contributed by atoms with Gasteiger partial charge in [0.15, 0.2) is 0 Å². The van der Waals surface area contributed by atoms with Crippen molar-refractivity contribution < 1.29 is 4.92 Å². The van der Waals surface area contributed by atoms with Gasteiger partial charge in [-0.2, -0.15) is 5.26 Å². The van der Waals surface area contributed by atoms with Gasteiger partial charge in [-0.3, -0.25) is 10.1 Å². The number of nitriles is 1. The highest BCUT2D eigenvalue weighted by atomic mass is 35.5. The Morgan fingerprint density at radius 3 is 2.67 bits per heavy atom. The first-order valence-electron chi connectivity index (χ1n) is 6.13. The van der Waals surface area contributed by atoms with Gasteiger partial charge >= 0.3 is 0 Å². The smallest absolute Gasteiger partial charge is 0.269 e. The first-order valence-corrected chi connectivity index (χ1v) is 6.51. The van der Waals surface area contributed by atoms with Gasteiger partial charge in [0.2, 0.25) is 0 Å². The minimum Gasteiger partial charge on any atom is -0.370 e. The molecule has 1 heterocycles. The highest BCUT2D eigenvalue weighted by Gasteiger charge is 2.04. The zero-order valence-electron chi connectivity index (χ0n) is 10.9. The molecule has 106 valence electrons. The Labute approximate surface area is 126 Å². The summed E-state index contributed by atoms with van der Waals surface area (Å²) in [5.41, 5.74) is 1.48. The second-order valence-corrected chi connectivity index (χ2v) is 4.66. The van der Waals surface area contributed by atoms with Crippen LogP contribution in [0.4, 0.5) is 11.5 Å². The van der Waals surface area contributed by atoms with Crippen molar-refractivity contribution in [2.24, 2.45) is 0 Å². The molecule has 1 aromatic heterocycles. The molecule has 0 atom stereocenters. The summed E-state index contributed by atoms with van der Waals surface area (Å²) in [7, 11) is 0. The highest BCUT2D eigenvalue weighted by molar-refractivity contribution is 6.29. The first kappa shape index (κ1) is 14.8. The van der Waals surface area contributed by atoms with Crippen molar-refractivity contribution >= 4 is 23.1 Å². The lowest BCUT2D eigenvalue weighted by molar-refractivity contribution is -0.384. The van der Waals surface area contributed by atoms with E-state index in [-0.39, 0.29) is 10.8 Å². The van der Waals surface area contributed by atoms with Gasteiger partial charge in [-0.25, -0.2) is 4.98 Å². The number of benzene rings is 1. The van der Waals surface area contributed by atoms with Gasteiger partial charge in [-0.15, -0.1) is 0 Å².